The van der Waals surface area contributed by atoms with Gasteiger partial charge in [-0.05, 0) is 55.6 Å². The average Bonchev–Trinajstić information content (AvgIpc) is 3.48. The van der Waals surface area contributed by atoms with Crippen molar-refractivity contribution in [1.82, 2.24) is 16.0 Å². The van der Waals surface area contributed by atoms with Crippen LogP contribution >= 0.6 is 0 Å². The van der Waals surface area contributed by atoms with E-state index >= 15 is 0 Å². The minimum Gasteiger partial charge on any atom is -0.402 e. The molecule has 0 aromatic heterocycles. The number of hydrogen-bond donors (Lipinski definition) is 6. The summed E-state index contributed by atoms with van der Waals surface area (Å²) in [5.74, 6) is 1.40. The molecule has 3 rings (SSSR count). The van der Waals surface area contributed by atoms with E-state index in [1.54, 1.807) is 19.3 Å². The zero-order valence-corrected chi connectivity index (χ0v) is 15.6. The van der Waals surface area contributed by atoms with Crippen LogP contribution in [-0.2, 0) is 0 Å². The highest BCUT2D eigenvalue weighted by atomic mass is 15.1. The molecule has 1 saturated carbocycles. The highest BCUT2D eigenvalue weighted by Gasteiger charge is 2.25. The van der Waals surface area contributed by atoms with Gasteiger partial charge in [-0.15, -0.1) is 0 Å². The van der Waals surface area contributed by atoms with E-state index in [2.05, 4.69) is 20.9 Å². The molecule has 7 nitrogen and oxygen atoms in total. The van der Waals surface area contributed by atoms with Gasteiger partial charge in [0.2, 0.25) is 0 Å². The fourth-order valence-corrected chi connectivity index (χ4v) is 2.91. The molecule has 1 aliphatic carbocycles. The van der Waals surface area contributed by atoms with E-state index in [9.17, 15) is 0 Å². The maximum absolute atomic E-state index is 8.15. The Labute approximate surface area is 159 Å². The lowest BCUT2D eigenvalue weighted by Gasteiger charge is -2.25. The van der Waals surface area contributed by atoms with Gasteiger partial charge in [-0.2, -0.15) is 0 Å². The fourth-order valence-electron chi connectivity index (χ4n) is 2.91. The van der Waals surface area contributed by atoms with Crippen molar-refractivity contribution < 1.29 is 0 Å². The Morgan fingerprint density at radius 1 is 1.33 bits per heavy atom. The van der Waals surface area contributed by atoms with Crippen LogP contribution in [0, 0.1) is 16.7 Å². The van der Waals surface area contributed by atoms with Crippen LogP contribution in [0.5, 0.6) is 0 Å². The molecule has 2 aliphatic heterocycles. The molecule has 0 aromatic carbocycles. The monoisotopic (exact) mass is 363 g/mol. The van der Waals surface area contributed by atoms with E-state index < -0.39 is 0 Å². The highest BCUT2D eigenvalue weighted by molar-refractivity contribution is 5.97. The van der Waals surface area contributed by atoms with E-state index in [4.69, 9.17) is 16.6 Å². The third-order valence-electron chi connectivity index (χ3n) is 4.45. The molecule has 0 saturated heterocycles. The molecule has 7 heteroatoms. The van der Waals surface area contributed by atoms with Gasteiger partial charge in [-0.25, -0.2) is 0 Å². The molecule has 27 heavy (non-hydrogen) atoms. The van der Waals surface area contributed by atoms with E-state index in [1.165, 1.54) is 6.21 Å². The first kappa shape index (κ1) is 18.4. The van der Waals surface area contributed by atoms with Crippen molar-refractivity contribution in [2.75, 3.05) is 7.05 Å². The molecule has 0 atom stereocenters. The molecule has 2 heterocycles. The normalized spacial score (nSPS) is 20.1. The summed E-state index contributed by atoms with van der Waals surface area (Å²) in [6.45, 7) is 1.84. The van der Waals surface area contributed by atoms with Crippen LogP contribution < -0.4 is 21.7 Å². The van der Waals surface area contributed by atoms with Crippen LogP contribution in [-0.4, -0.2) is 25.3 Å². The van der Waals surface area contributed by atoms with Gasteiger partial charge >= 0.3 is 0 Å². The zero-order valence-electron chi connectivity index (χ0n) is 15.6. The lowest BCUT2D eigenvalue weighted by atomic mass is 10.0. The maximum Gasteiger partial charge on any atom is 0.123 e. The summed E-state index contributed by atoms with van der Waals surface area (Å²) in [7, 11) is 1.71. The Morgan fingerprint density at radius 2 is 2.11 bits per heavy atom. The Hall–Kier alpha value is -3.35. The molecule has 0 radical (unpaired) electrons. The van der Waals surface area contributed by atoms with Gasteiger partial charge in [0.15, 0.2) is 0 Å². The molecule has 0 unspecified atom stereocenters. The molecule has 7 N–H and O–H groups in total. The maximum atomic E-state index is 8.15. The molecule has 3 aliphatic rings. The largest absolute Gasteiger partial charge is 0.402 e. The molecule has 0 amide bonds. The average molecular weight is 363 g/mol. The van der Waals surface area contributed by atoms with Crippen molar-refractivity contribution in [2.45, 2.75) is 19.8 Å². The predicted octanol–water partition coefficient (Wildman–Crippen LogP) is 2.17. The van der Waals surface area contributed by atoms with Crippen LogP contribution in [0.2, 0.25) is 0 Å². The van der Waals surface area contributed by atoms with Crippen molar-refractivity contribution in [3.63, 3.8) is 0 Å². The van der Waals surface area contributed by atoms with Gasteiger partial charge < -0.3 is 27.1 Å². The first-order valence-electron chi connectivity index (χ1n) is 8.86. The summed E-state index contributed by atoms with van der Waals surface area (Å²) >= 11 is 0. The Balaban J connectivity index is 1.73. The van der Waals surface area contributed by atoms with Crippen LogP contribution in [0.4, 0.5) is 0 Å². The van der Waals surface area contributed by atoms with Crippen LogP contribution in [0.1, 0.15) is 19.8 Å². The summed E-state index contributed by atoms with van der Waals surface area (Å²) in [5, 5.41) is 25.2. The number of aliphatic imine (C=N–C) groups is 1. The van der Waals surface area contributed by atoms with Gasteiger partial charge in [0, 0.05) is 42.5 Å². The molecule has 0 spiro atoms. The van der Waals surface area contributed by atoms with Crippen molar-refractivity contribution in [3.8, 4) is 0 Å². The lowest BCUT2D eigenvalue weighted by molar-refractivity contribution is 0.837. The Bertz CT molecular complexity index is 870. The van der Waals surface area contributed by atoms with Crippen LogP contribution in [0.25, 0.3) is 0 Å². The van der Waals surface area contributed by atoms with Gasteiger partial charge in [-0.1, -0.05) is 0 Å². The second kappa shape index (κ2) is 7.90. The van der Waals surface area contributed by atoms with Gasteiger partial charge in [0.1, 0.15) is 11.7 Å². The summed E-state index contributed by atoms with van der Waals surface area (Å²) in [4.78, 5) is 4.07. The number of rotatable bonds is 6. The van der Waals surface area contributed by atoms with Gasteiger partial charge in [0.05, 0.1) is 11.4 Å². The van der Waals surface area contributed by atoms with E-state index in [0.29, 0.717) is 17.4 Å². The smallest absolute Gasteiger partial charge is 0.123 e. The highest BCUT2D eigenvalue weighted by Crippen LogP contribution is 2.35. The molecular formula is C20H25N7. The number of hydrogen-bond acceptors (Lipinski definition) is 6. The first-order chi connectivity index (χ1) is 13.0. The minimum absolute atomic E-state index is 0.257. The third-order valence-corrected chi connectivity index (χ3v) is 4.45. The number of nitrogens with two attached hydrogens (primary N) is 1. The topological polar surface area (TPSA) is 122 Å². The summed E-state index contributed by atoms with van der Waals surface area (Å²) < 4.78 is 0. The molecule has 0 bridgehead atoms. The molecule has 0 aromatic rings. The van der Waals surface area contributed by atoms with E-state index in [1.807, 2.05) is 31.4 Å². The summed E-state index contributed by atoms with van der Waals surface area (Å²) in [6.07, 6.45) is 14.7. The van der Waals surface area contributed by atoms with E-state index in [-0.39, 0.29) is 5.84 Å². The zero-order chi connectivity index (χ0) is 19.4. The predicted molar refractivity (Wildman–Crippen MR) is 110 cm³/mol. The van der Waals surface area contributed by atoms with Crippen LogP contribution in [0.3, 0.4) is 0 Å². The van der Waals surface area contributed by atoms with Crippen molar-refractivity contribution in [2.24, 2.45) is 16.6 Å². The lowest BCUT2D eigenvalue weighted by Crippen LogP contribution is -2.34. The summed E-state index contributed by atoms with van der Waals surface area (Å²) in [6, 6.07) is 0. The third kappa shape index (κ3) is 4.44. The number of amidine groups is 1. The Morgan fingerprint density at radius 3 is 2.74 bits per heavy atom. The standard InChI is InChI=1S/C20H25N7/c1-12(22)16(11-24-2)15-7-18-17(25-10-15)5-6-20(26-18)27-19(23)8-14(9-21)13-3-4-13/h5-11,13,21,25-26H,3-4,22H2,1-2H3,(H2,23,27). The van der Waals surface area contributed by atoms with Crippen molar-refractivity contribution >= 4 is 18.3 Å². The number of nitrogens with zero attached hydrogens (tertiary/aromatic N) is 1. The van der Waals surface area contributed by atoms with Crippen LogP contribution in [0.15, 0.2) is 75.1 Å². The number of dihydropyridines is 2. The number of nitrogens with one attached hydrogen (secondary N) is 5. The second-order valence-electron chi connectivity index (χ2n) is 6.67. The number of allylic oxidation sites excluding steroid dienone is 7. The Kier molecular flexibility index (Phi) is 5.40. The fraction of sp³-hybridized carbons (Fsp3) is 0.250. The number of fused-ring (bicyclic) bond motifs is 1. The first-order valence-corrected chi connectivity index (χ1v) is 8.86. The molecule has 1 fully saturated rings. The molecular weight excluding hydrogens is 338 g/mol. The van der Waals surface area contributed by atoms with Crippen molar-refractivity contribution in [3.05, 3.63) is 70.1 Å². The van der Waals surface area contributed by atoms with E-state index in [0.717, 1.165) is 41.0 Å². The van der Waals surface area contributed by atoms with Crippen molar-refractivity contribution in [1.29, 1.82) is 10.8 Å². The minimum atomic E-state index is 0.257. The quantitative estimate of drug-likeness (QED) is 0.320. The van der Waals surface area contributed by atoms with Gasteiger partial charge in [-0.3, -0.25) is 10.4 Å². The SMILES string of the molecule is CN=CC(C1=CNC2=CC=C(NC(=N)C=C(C=N)C3CC3)NC2=C1)=C(C)N. The molecule has 140 valence electrons. The summed E-state index contributed by atoms with van der Waals surface area (Å²) in [5.41, 5.74) is 11.2. The van der Waals surface area contributed by atoms with Gasteiger partial charge in [0.25, 0.3) is 0 Å². The second-order valence-corrected chi connectivity index (χ2v) is 6.67.